The van der Waals surface area contributed by atoms with Crippen LogP contribution in [0, 0.1) is 5.92 Å². The van der Waals surface area contributed by atoms with E-state index < -0.39 is 5.97 Å². The molecule has 0 amide bonds. The van der Waals surface area contributed by atoms with E-state index in [1.54, 1.807) is 0 Å². The Balaban J connectivity index is 0.000000364. The molecule has 3 heteroatoms. The van der Waals surface area contributed by atoms with Crippen LogP contribution in [0.15, 0.2) is 0 Å². The van der Waals surface area contributed by atoms with Crippen LogP contribution in [0.2, 0.25) is 0 Å². The first kappa shape index (κ1) is 13.4. The fourth-order valence-electron chi connectivity index (χ4n) is 2.00. The minimum absolute atomic E-state index is 0.972. The van der Waals surface area contributed by atoms with Crippen LogP contribution in [0.1, 0.15) is 40.0 Å². The van der Waals surface area contributed by atoms with E-state index in [9.17, 15) is 0 Å². The lowest BCUT2D eigenvalue weighted by Gasteiger charge is -2.09. The van der Waals surface area contributed by atoms with E-state index >= 15 is 0 Å². The summed E-state index contributed by atoms with van der Waals surface area (Å²) in [7, 11) is 0. The molecule has 0 radical (unpaired) electrons. The topological polar surface area (TPSA) is 44.6 Å². The zero-order valence-electron chi connectivity index (χ0n) is 9.64. The molecule has 1 rings (SSSR count). The van der Waals surface area contributed by atoms with Gasteiger partial charge < -0.3 is 14.8 Å². The lowest BCUT2D eigenvalue weighted by molar-refractivity contribution is -0.887. The van der Waals surface area contributed by atoms with Gasteiger partial charge >= 0.3 is 0 Å². The predicted octanol–water partition coefficient (Wildman–Crippen LogP) is -0.533. The molecular formula is C11H23NO2. The molecule has 0 saturated carbocycles. The highest BCUT2D eigenvalue weighted by molar-refractivity contribution is 5.60. The minimum atomic E-state index is -1.08. The molecule has 0 aromatic rings. The Hall–Kier alpha value is -0.570. The third-order valence-corrected chi connectivity index (χ3v) is 2.68. The average Bonchev–Trinajstić information content (AvgIpc) is 2.52. The quantitative estimate of drug-likeness (QED) is 0.667. The fraction of sp³-hybridized carbons (Fsp3) is 0.909. The van der Waals surface area contributed by atoms with Crippen LogP contribution in [-0.4, -0.2) is 25.6 Å². The van der Waals surface area contributed by atoms with E-state index in [4.69, 9.17) is 9.90 Å². The van der Waals surface area contributed by atoms with Crippen LogP contribution in [-0.2, 0) is 4.79 Å². The second-order valence-corrected chi connectivity index (χ2v) is 3.99. The van der Waals surface area contributed by atoms with E-state index in [0.717, 1.165) is 12.8 Å². The van der Waals surface area contributed by atoms with Crippen LogP contribution in [0.5, 0.6) is 0 Å². The van der Waals surface area contributed by atoms with Crippen LogP contribution >= 0.6 is 0 Å². The maximum Gasteiger partial charge on any atom is 0.0801 e. The predicted molar refractivity (Wildman–Crippen MR) is 54.9 cm³/mol. The second-order valence-electron chi connectivity index (χ2n) is 3.99. The highest BCUT2D eigenvalue weighted by Gasteiger charge is 2.23. The molecule has 1 fully saturated rings. The smallest absolute Gasteiger partial charge is 0.0801 e. The zero-order chi connectivity index (χ0) is 11.0. The van der Waals surface area contributed by atoms with E-state index in [2.05, 4.69) is 13.8 Å². The molecular weight excluding hydrogens is 178 g/mol. The van der Waals surface area contributed by atoms with Gasteiger partial charge in [-0.2, -0.15) is 0 Å². The number of quaternary nitrogens is 1. The lowest BCUT2D eigenvalue weighted by Crippen LogP contribution is -3.09. The first-order valence-corrected chi connectivity index (χ1v) is 5.61. The number of hydrogen-bond donors (Lipinski definition) is 1. The summed E-state index contributed by atoms with van der Waals surface area (Å²) in [6, 6.07) is 0. The number of carboxylic acid groups (broad SMARTS) is 1. The molecule has 0 bridgehead atoms. The molecule has 1 aliphatic rings. The Bertz CT molecular complexity index is 155. The molecule has 84 valence electrons. The van der Waals surface area contributed by atoms with E-state index in [-0.39, 0.29) is 0 Å². The Morgan fingerprint density at radius 2 is 2.07 bits per heavy atom. The van der Waals surface area contributed by atoms with Crippen molar-refractivity contribution >= 4 is 5.97 Å². The Labute approximate surface area is 87.1 Å². The number of hydrogen-bond acceptors (Lipinski definition) is 2. The Kier molecular flexibility index (Phi) is 7.48. The zero-order valence-corrected chi connectivity index (χ0v) is 9.64. The van der Waals surface area contributed by atoms with Crippen LogP contribution in [0.3, 0.4) is 0 Å². The lowest BCUT2D eigenvalue weighted by atomic mass is 10.0. The van der Waals surface area contributed by atoms with E-state index in [1.165, 1.54) is 38.9 Å². The fourth-order valence-corrected chi connectivity index (χ4v) is 2.00. The third-order valence-electron chi connectivity index (χ3n) is 2.68. The van der Waals surface area contributed by atoms with Crippen molar-refractivity contribution < 1.29 is 14.8 Å². The molecule has 0 aromatic carbocycles. The number of aliphatic carboxylic acids is 1. The van der Waals surface area contributed by atoms with Crippen molar-refractivity contribution in [3.63, 3.8) is 0 Å². The van der Waals surface area contributed by atoms with Crippen molar-refractivity contribution in [2.24, 2.45) is 5.92 Å². The van der Waals surface area contributed by atoms with Crippen molar-refractivity contribution in [2.45, 2.75) is 40.0 Å². The van der Waals surface area contributed by atoms with Gasteiger partial charge in [0.2, 0.25) is 0 Å². The van der Waals surface area contributed by atoms with Crippen molar-refractivity contribution in [3.8, 4) is 0 Å². The van der Waals surface area contributed by atoms with Gasteiger partial charge in [-0.1, -0.05) is 13.3 Å². The summed E-state index contributed by atoms with van der Waals surface area (Å²) in [6.45, 7) is 9.78. The molecule has 2 atom stereocenters. The highest BCUT2D eigenvalue weighted by Crippen LogP contribution is 2.10. The Morgan fingerprint density at radius 3 is 2.43 bits per heavy atom. The summed E-state index contributed by atoms with van der Waals surface area (Å²) >= 11 is 0. The van der Waals surface area contributed by atoms with Gasteiger partial charge in [0.15, 0.2) is 0 Å². The normalized spacial score (nSPS) is 25.4. The van der Waals surface area contributed by atoms with Crippen molar-refractivity contribution in [3.05, 3.63) is 0 Å². The summed E-state index contributed by atoms with van der Waals surface area (Å²) in [4.78, 5) is 10.7. The Morgan fingerprint density at radius 1 is 1.50 bits per heavy atom. The van der Waals surface area contributed by atoms with Gasteiger partial charge in [-0.05, 0) is 20.3 Å². The minimum Gasteiger partial charge on any atom is -0.550 e. The SMILES string of the molecule is CC(=O)[O-].CCCC1CC[NH+](CC)C1. The number of rotatable bonds is 3. The van der Waals surface area contributed by atoms with Gasteiger partial charge in [-0.15, -0.1) is 0 Å². The number of carboxylic acids is 1. The molecule has 1 saturated heterocycles. The summed E-state index contributed by atoms with van der Waals surface area (Å²) in [6.07, 6.45) is 4.32. The van der Waals surface area contributed by atoms with Crippen LogP contribution < -0.4 is 10.0 Å². The molecule has 0 aliphatic carbocycles. The molecule has 2 unspecified atom stereocenters. The molecule has 0 spiro atoms. The molecule has 0 aromatic heterocycles. The largest absolute Gasteiger partial charge is 0.550 e. The molecule has 1 aliphatic heterocycles. The van der Waals surface area contributed by atoms with Crippen molar-refractivity contribution in [2.75, 3.05) is 19.6 Å². The number of nitrogens with one attached hydrogen (secondary N) is 1. The number of likely N-dealkylation sites (tertiary alicyclic amines) is 1. The van der Waals surface area contributed by atoms with Gasteiger partial charge in [0.1, 0.15) is 0 Å². The van der Waals surface area contributed by atoms with Gasteiger partial charge in [-0.3, -0.25) is 0 Å². The second kappa shape index (κ2) is 7.80. The summed E-state index contributed by atoms with van der Waals surface area (Å²) in [5, 5.41) is 8.89. The maximum absolute atomic E-state index is 8.89. The highest BCUT2D eigenvalue weighted by atomic mass is 16.4. The van der Waals surface area contributed by atoms with Crippen molar-refractivity contribution in [1.82, 2.24) is 0 Å². The van der Waals surface area contributed by atoms with Crippen LogP contribution in [0.4, 0.5) is 0 Å². The van der Waals surface area contributed by atoms with Gasteiger partial charge in [0.25, 0.3) is 0 Å². The first-order valence-electron chi connectivity index (χ1n) is 5.61. The molecule has 3 nitrogen and oxygen atoms in total. The molecule has 14 heavy (non-hydrogen) atoms. The van der Waals surface area contributed by atoms with Gasteiger partial charge in [0.05, 0.1) is 19.6 Å². The average molecular weight is 201 g/mol. The standard InChI is InChI=1S/C9H19N.C2H4O2/c1-3-5-9-6-7-10(4-2)8-9;1-2(3)4/h9H,3-8H2,1-2H3;1H3,(H,3,4). The number of carbonyl (C=O) groups is 1. The maximum atomic E-state index is 8.89. The molecule has 1 heterocycles. The van der Waals surface area contributed by atoms with E-state index in [1.807, 2.05) is 4.90 Å². The van der Waals surface area contributed by atoms with Gasteiger partial charge in [-0.25, -0.2) is 0 Å². The summed E-state index contributed by atoms with van der Waals surface area (Å²) in [5.74, 6) is -0.0278. The monoisotopic (exact) mass is 201 g/mol. The van der Waals surface area contributed by atoms with Crippen molar-refractivity contribution in [1.29, 1.82) is 0 Å². The summed E-state index contributed by atoms with van der Waals surface area (Å²) in [5.41, 5.74) is 0. The molecule has 1 N–H and O–H groups in total. The van der Waals surface area contributed by atoms with Crippen LogP contribution in [0.25, 0.3) is 0 Å². The first-order chi connectivity index (χ1) is 6.60. The van der Waals surface area contributed by atoms with E-state index in [0.29, 0.717) is 0 Å². The number of carbonyl (C=O) groups excluding carboxylic acids is 1. The van der Waals surface area contributed by atoms with Gasteiger partial charge in [0, 0.05) is 18.3 Å². The summed E-state index contributed by atoms with van der Waals surface area (Å²) < 4.78 is 0. The third kappa shape index (κ3) is 6.89.